The van der Waals surface area contributed by atoms with E-state index in [-0.39, 0.29) is 5.56 Å². The Morgan fingerprint density at radius 1 is 1.45 bits per heavy atom. The van der Waals surface area contributed by atoms with Crippen molar-refractivity contribution in [2.24, 2.45) is 0 Å². The van der Waals surface area contributed by atoms with Crippen molar-refractivity contribution in [1.82, 2.24) is 4.90 Å². The molecule has 1 aromatic rings. The number of morpholine rings is 1. The minimum absolute atomic E-state index is 0.250. The number of anilines is 1. The van der Waals surface area contributed by atoms with E-state index >= 15 is 0 Å². The van der Waals surface area contributed by atoms with Crippen LogP contribution in [0.15, 0.2) is 18.2 Å². The third kappa shape index (κ3) is 3.85. The van der Waals surface area contributed by atoms with Gasteiger partial charge in [0.15, 0.2) is 0 Å². The van der Waals surface area contributed by atoms with Crippen molar-refractivity contribution < 1.29 is 19.4 Å². The van der Waals surface area contributed by atoms with Crippen LogP contribution in [0.25, 0.3) is 0 Å². The van der Waals surface area contributed by atoms with Crippen LogP contribution >= 0.6 is 0 Å². The molecular weight excluding hydrogens is 260 g/mol. The fraction of sp³-hybridized carbons (Fsp3) is 0.500. The van der Waals surface area contributed by atoms with Gasteiger partial charge >= 0.3 is 5.97 Å². The molecule has 110 valence electrons. The lowest BCUT2D eigenvalue weighted by Crippen LogP contribution is -2.39. The average molecular weight is 280 g/mol. The van der Waals surface area contributed by atoms with Gasteiger partial charge in [0.1, 0.15) is 5.75 Å². The quantitative estimate of drug-likeness (QED) is 0.814. The molecule has 1 fully saturated rings. The number of hydrogen-bond acceptors (Lipinski definition) is 5. The molecule has 1 saturated heterocycles. The van der Waals surface area contributed by atoms with Gasteiger partial charge in [0, 0.05) is 26.2 Å². The molecule has 0 aromatic heterocycles. The lowest BCUT2D eigenvalue weighted by atomic mass is 10.2. The standard InChI is InChI=1S/C14H20N2O4/c1-19-13-3-2-11(14(17)18)10-12(13)15-4-5-16-6-8-20-9-7-16/h2-3,10,15H,4-9H2,1H3,(H,17,18). The molecule has 0 radical (unpaired) electrons. The number of carbonyl (C=O) groups is 1. The highest BCUT2D eigenvalue weighted by molar-refractivity contribution is 5.89. The summed E-state index contributed by atoms with van der Waals surface area (Å²) in [6.07, 6.45) is 0. The summed E-state index contributed by atoms with van der Waals surface area (Å²) in [6.45, 7) is 5.06. The first-order chi connectivity index (χ1) is 9.70. The van der Waals surface area contributed by atoms with E-state index in [1.54, 1.807) is 19.2 Å². The van der Waals surface area contributed by atoms with Gasteiger partial charge in [-0.05, 0) is 18.2 Å². The Bertz CT molecular complexity index is 458. The van der Waals surface area contributed by atoms with E-state index in [4.69, 9.17) is 14.6 Å². The van der Waals surface area contributed by atoms with E-state index in [0.29, 0.717) is 11.4 Å². The fourth-order valence-corrected chi connectivity index (χ4v) is 2.15. The number of rotatable bonds is 6. The van der Waals surface area contributed by atoms with E-state index in [1.165, 1.54) is 6.07 Å². The highest BCUT2D eigenvalue weighted by Gasteiger charge is 2.11. The molecule has 0 amide bonds. The van der Waals surface area contributed by atoms with Crippen LogP contribution < -0.4 is 10.1 Å². The molecule has 2 N–H and O–H groups in total. The number of methoxy groups -OCH3 is 1. The largest absolute Gasteiger partial charge is 0.495 e. The van der Waals surface area contributed by atoms with E-state index in [0.717, 1.165) is 39.4 Å². The van der Waals surface area contributed by atoms with Crippen molar-refractivity contribution in [3.05, 3.63) is 23.8 Å². The Morgan fingerprint density at radius 3 is 2.85 bits per heavy atom. The minimum Gasteiger partial charge on any atom is -0.495 e. The number of carboxylic acid groups (broad SMARTS) is 1. The molecule has 0 aliphatic carbocycles. The summed E-state index contributed by atoms with van der Waals surface area (Å²) in [6, 6.07) is 4.80. The van der Waals surface area contributed by atoms with E-state index in [1.807, 2.05) is 0 Å². The third-order valence-corrected chi connectivity index (χ3v) is 3.29. The molecule has 0 atom stereocenters. The predicted octanol–water partition coefficient (Wildman–Crippen LogP) is 1.14. The number of aromatic carboxylic acids is 1. The van der Waals surface area contributed by atoms with E-state index in [2.05, 4.69) is 10.2 Å². The molecule has 20 heavy (non-hydrogen) atoms. The Morgan fingerprint density at radius 2 is 2.20 bits per heavy atom. The molecule has 2 rings (SSSR count). The summed E-state index contributed by atoms with van der Waals surface area (Å²) in [5, 5.41) is 12.2. The Kier molecular flexibility index (Phi) is 5.20. The summed E-state index contributed by atoms with van der Waals surface area (Å²) in [5.41, 5.74) is 0.959. The molecule has 1 heterocycles. The summed E-state index contributed by atoms with van der Waals surface area (Å²) in [4.78, 5) is 13.3. The molecule has 0 unspecified atom stereocenters. The molecule has 0 saturated carbocycles. The fourth-order valence-electron chi connectivity index (χ4n) is 2.15. The molecule has 0 bridgehead atoms. The van der Waals surface area contributed by atoms with E-state index < -0.39 is 5.97 Å². The van der Waals surface area contributed by atoms with Crippen LogP contribution in [-0.4, -0.2) is 62.5 Å². The maximum absolute atomic E-state index is 11.0. The Hall–Kier alpha value is -1.79. The van der Waals surface area contributed by atoms with Crippen LogP contribution in [-0.2, 0) is 4.74 Å². The van der Waals surface area contributed by atoms with Crippen LogP contribution in [0.4, 0.5) is 5.69 Å². The smallest absolute Gasteiger partial charge is 0.335 e. The SMILES string of the molecule is COc1ccc(C(=O)O)cc1NCCN1CCOCC1. The van der Waals surface area contributed by atoms with Crippen LogP contribution in [0.5, 0.6) is 5.75 Å². The van der Waals surface area contributed by atoms with Crippen molar-refractivity contribution in [2.45, 2.75) is 0 Å². The van der Waals surface area contributed by atoms with Crippen LogP contribution in [0.2, 0.25) is 0 Å². The van der Waals surface area contributed by atoms with Crippen LogP contribution in [0.3, 0.4) is 0 Å². The first-order valence-electron chi connectivity index (χ1n) is 6.66. The number of carboxylic acids is 1. The number of ether oxygens (including phenoxy) is 2. The minimum atomic E-state index is -0.941. The molecular formula is C14H20N2O4. The van der Waals surface area contributed by atoms with Crippen molar-refractivity contribution in [3.8, 4) is 5.75 Å². The Balaban J connectivity index is 1.93. The monoisotopic (exact) mass is 280 g/mol. The summed E-state index contributed by atoms with van der Waals surface area (Å²) < 4.78 is 10.5. The van der Waals surface area contributed by atoms with Gasteiger partial charge in [-0.3, -0.25) is 4.90 Å². The maximum atomic E-state index is 11.0. The lowest BCUT2D eigenvalue weighted by molar-refractivity contribution is 0.0398. The van der Waals surface area contributed by atoms with Crippen molar-refractivity contribution in [2.75, 3.05) is 51.8 Å². The maximum Gasteiger partial charge on any atom is 0.335 e. The molecule has 0 spiro atoms. The van der Waals surface area contributed by atoms with Gasteiger partial charge in [-0.1, -0.05) is 0 Å². The summed E-state index contributed by atoms with van der Waals surface area (Å²) in [5.74, 6) is -0.291. The second kappa shape index (κ2) is 7.12. The lowest BCUT2D eigenvalue weighted by Gasteiger charge is -2.26. The predicted molar refractivity (Wildman–Crippen MR) is 75.7 cm³/mol. The Labute approximate surface area is 118 Å². The van der Waals surface area contributed by atoms with Crippen LogP contribution in [0, 0.1) is 0 Å². The van der Waals surface area contributed by atoms with Gasteiger partial charge in [0.25, 0.3) is 0 Å². The van der Waals surface area contributed by atoms with Gasteiger partial charge in [0.2, 0.25) is 0 Å². The first kappa shape index (κ1) is 14.6. The van der Waals surface area contributed by atoms with Crippen molar-refractivity contribution in [3.63, 3.8) is 0 Å². The second-order valence-electron chi connectivity index (χ2n) is 4.60. The number of benzene rings is 1. The van der Waals surface area contributed by atoms with Gasteiger partial charge in [0.05, 0.1) is 31.6 Å². The van der Waals surface area contributed by atoms with Crippen molar-refractivity contribution in [1.29, 1.82) is 0 Å². The molecule has 1 aromatic carbocycles. The topological polar surface area (TPSA) is 71.0 Å². The molecule has 1 aliphatic heterocycles. The molecule has 6 nitrogen and oxygen atoms in total. The zero-order valence-corrected chi connectivity index (χ0v) is 11.6. The second-order valence-corrected chi connectivity index (χ2v) is 4.60. The van der Waals surface area contributed by atoms with Gasteiger partial charge in [-0.15, -0.1) is 0 Å². The van der Waals surface area contributed by atoms with Gasteiger partial charge in [-0.25, -0.2) is 4.79 Å². The zero-order valence-electron chi connectivity index (χ0n) is 11.6. The van der Waals surface area contributed by atoms with Crippen LogP contribution in [0.1, 0.15) is 10.4 Å². The third-order valence-electron chi connectivity index (χ3n) is 3.29. The number of nitrogens with one attached hydrogen (secondary N) is 1. The normalized spacial score (nSPS) is 15.8. The first-order valence-corrected chi connectivity index (χ1v) is 6.66. The van der Waals surface area contributed by atoms with Crippen molar-refractivity contribution >= 4 is 11.7 Å². The highest BCUT2D eigenvalue weighted by Crippen LogP contribution is 2.25. The summed E-state index contributed by atoms with van der Waals surface area (Å²) in [7, 11) is 1.57. The number of hydrogen-bond donors (Lipinski definition) is 2. The zero-order chi connectivity index (χ0) is 14.4. The van der Waals surface area contributed by atoms with E-state index in [9.17, 15) is 4.79 Å². The average Bonchev–Trinajstić information content (AvgIpc) is 2.48. The van der Waals surface area contributed by atoms with Gasteiger partial charge < -0.3 is 19.9 Å². The molecule has 1 aliphatic rings. The summed E-state index contributed by atoms with van der Waals surface area (Å²) >= 11 is 0. The van der Waals surface area contributed by atoms with Gasteiger partial charge in [-0.2, -0.15) is 0 Å². The number of nitrogens with zero attached hydrogens (tertiary/aromatic N) is 1. The molecule has 6 heteroatoms. The highest BCUT2D eigenvalue weighted by atomic mass is 16.5.